The molecule has 9 nitrogen and oxygen atoms in total. The van der Waals surface area contributed by atoms with Crippen LogP contribution in [0.5, 0.6) is 28.7 Å². The summed E-state index contributed by atoms with van der Waals surface area (Å²) in [5.74, 6) is 2.35. The monoisotopic (exact) mass is 449 g/mol. The number of hydrogen-bond acceptors (Lipinski definition) is 8. The zero-order valence-electron chi connectivity index (χ0n) is 17.9. The highest BCUT2D eigenvalue weighted by molar-refractivity contribution is 7.53. The number of hydrogen-bond donors (Lipinski definition) is 1. The summed E-state index contributed by atoms with van der Waals surface area (Å²) in [5, 5.41) is 3.92. The van der Waals surface area contributed by atoms with Gasteiger partial charge in [-0.15, -0.1) is 0 Å². The Balaban J connectivity index is 2.18. The minimum Gasteiger partial charge on any atom is -0.497 e. The van der Waals surface area contributed by atoms with E-state index < -0.39 is 7.60 Å². The molecule has 0 saturated carbocycles. The predicted molar refractivity (Wildman–Crippen MR) is 115 cm³/mol. The van der Waals surface area contributed by atoms with Crippen LogP contribution in [0.1, 0.15) is 6.92 Å². The van der Waals surface area contributed by atoms with E-state index in [9.17, 15) is 9.46 Å². The molecule has 0 aliphatic carbocycles. The van der Waals surface area contributed by atoms with Gasteiger partial charge in [0.25, 0.3) is 0 Å². The Bertz CT molecular complexity index is 1090. The fourth-order valence-corrected chi connectivity index (χ4v) is 3.59. The summed E-state index contributed by atoms with van der Waals surface area (Å²) in [7, 11) is 2.20. The first-order chi connectivity index (χ1) is 14.9. The van der Waals surface area contributed by atoms with Crippen LogP contribution in [0.2, 0.25) is 0 Å². The molecule has 31 heavy (non-hydrogen) atoms. The van der Waals surface area contributed by atoms with Gasteiger partial charge in [-0.2, -0.15) is 0 Å². The normalized spacial score (nSPS) is 12.7. The molecule has 166 valence electrons. The minimum atomic E-state index is -3.84. The summed E-state index contributed by atoms with van der Waals surface area (Å²) in [6, 6.07) is 8.40. The number of ether oxygens (including phenoxy) is 4. The fraction of sp³-hybridized carbons (Fsp3) is 0.286. The molecule has 0 aliphatic rings. The number of methoxy groups -OCH3 is 4. The van der Waals surface area contributed by atoms with Crippen LogP contribution in [0, 0.1) is 0 Å². The number of nitrogens with zero attached hydrogens (tertiary/aromatic N) is 1. The van der Waals surface area contributed by atoms with Crippen molar-refractivity contribution in [3.05, 3.63) is 36.5 Å². The van der Waals surface area contributed by atoms with E-state index in [0.717, 1.165) is 0 Å². The molecule has 2 aromatic carbocycles. The highest BCUT2D eigenvalue weighted by Crippen LogP contribution is 2.49. The summed E-state index contributed by atoms with van der Waals surface area (Å²) in [6.07, 6.45) is 1.45. The van der Waals surface area contributed by atoms with Gasteiger partial charge in [0, 0.05) is 17.2 Å². The van der Waals surface area contributed by atoms with Gasteiger partial charge in [-0.25, -0.2) is 4.57 Å². The van der Waals surface area contributed by atoms with Gasteiger partial charge in [0.1, 0.15) is 11.5 Å². The first-order valence-electron chi connectivity index (χ1n) is 9.32. The largest absolute Gasteiger partial charge is 0.497 e. The van der Waals surface area contributed by atoms with Crippen molar-refractivity contribution < 1.29 is 37.5 Å². The molecule has 1 aromatic heterocycles. The number of aromatic nitrogens is 1. The number of rotatable bonds is 9. The third-order valence-corrected chi connectivity index (χ3v) is 5.90. The molecule has 1 atom stereocenters. The van der Waals surface area contributed by atoms with Crippen LogP contribution in [0.15, 0.2) is 41.1 Å². The lowest BCUT2D eigenvalue weighted by atomic mass is 10.0. The van der Waals surface area contributed by atoms with Crippen LogP contribution in [-0.2, 0) is 4.57 Å². The standard InChI is InChI=1S/C21H24NO8P/c1-6-31(23,24)30-17-11-14(25-2)7-8-15(17)16-12-22-29-20(16)13-9-18(26-3)21(28-5)19(10-13)27-4/h7-12H,6H2,1-5H3,(H,23,24). The Morgan fingerprint density at radius 3 is 2.16 bits per heavy atom. The van der Waals surface area contributed by atoms with Crippen molar-refractivity contribution in [3.8, 4) is 51.2 Å². The fourth-order valence-electron chi connectivity index (χ4n) is 3.00. The van der Waals surface area contributed by atoms with E-state index >= 15 is 0 Å². The van der Waals surface area contributed by atoms with Gasteiger partial charge in [0.05, 0.1) is 46.4 Å². The zero-order chi connectivity index (χ0) is 22.6. The van der Waals surface area contributed by atoms with Crippen molar-refractivity contribution >= 4 is 7.60 Å². The van der Waals surface area contributed by atoms with Gasteiger partial charge in [0.2, 0.25) is 5.75 Å². The molecule has 0 amide bonds. The van der Waals surface area contributed by atoms with E-state index in [1.54, 1.807) is 37.3 Å². The van der Waals surface area contributed by atoms with Gasteiger partial charge in [-0.05, 0) is 24.3 Å². The lowest BCUT2D eigenvalue weighted by Gasteiger charge is -2.16. The van der Waals surface area contributed by atoms with Gasteiger partial charge >= 0.3 is 7.60 Å². The van der Waals surface area contributed by atoms with Crippen molar-refractivity contribution in [2.75, 3.05) is 34.6 Å². The van der Waals surface area contributed by atoms with Crippen LogP contribution >= 0.6 is 7.60 Å². The van der Waals surface area contributed by atoms with Crippen molar-refractivity contribution in [2.45, 2.75) is 6.92 Å². The van der Waals surface area contributed by atoms with Crippen LogP contribution < -0.4 is 23.5 Å². The Morgan fingerprint density at radius 2 is 1.61 bits per heavy atom. The first kappa shape index (κ1) is 22.5. The zero-order valence-corrected chi connectivity index (χ0v) is 18.8. The summed E-state index contributed by atoms with van der Waals surface area (Å²) in [6.45, 7) is 1.57. The molecule has 0 saturated heterocycles. The second-order valence-electron chi connectivity index (χ2n) is 6.39. The molecule has 0 aliphatic heterocycles. The molecule has 10 heteroatoms. The van der Waals surface area contributed by atoms with E-state index in [1.165, 1.54) is 34.6 Å². The first-order valence-corrected chi connectivity index (χ1v) is 11.1. The Kier molecular flexibility index (Phi) is 6.77. The lowest BCUT2D eigenvalue weighted by molar-refractivity contribution is 0.324. The summed E-state index contributed by atoms with van der Waals surface area (Å²) in [4.78, 5) is 10.0. The van der Waals surface area contributed by atoms with Gasteiger partial charge in [-0.3, -0.25) is 0 Å². The van der Waals surface area contributed by atoms with Gasteiger partial charge in [0.15, 0.2) is 17.3 Å². The maximum Gasteiger partial charge on any atom is 0.376 e. The SMILES string of the molecule is CCP(=O)(O)Oc1cc(OC)ccc1-c1cnoc1-c1cc(OC)c(OC)c(OC)c1. The molecular weight excluding hydrogens is 425 g/mol. The highest BCUT2D eigenvalue weighted by Gasteiger charge is 2.25. The van der Waals surface area contributed by atoms with Crippen LogP contribution in [0.3, 0.4) is 0 Å². The average Bonchev–Trinajstić information content (AvgIpc) is 3.27. The Labute approximate surface area is 180 Å². The van der Waals surface area contributed by atoms with Crippen molar-refractivity contribution in [1.29, 1.82) is 0 Å². The third-order valence-electron chi connectivity index (χ3n) is 4.62. The molecule has 0 fully saturated rings. The predicted octanol–water partition coefficient (Wildman–Crippen LogP) is 4.63. The summed E-state index contributed by atoms with van der Waals surface area (Å²) in [5.41, 5.74) is 1.66. The molecule has 3 rings (SSSR count). The Hall–Kier alpha value is -3.16. The Morgan fingerprint density at radius 1 is 0.935 bits per heavy atom. The highest BCUT2D eigenvalue weighted by atomic mass is 31.2. The second kappa shape index (κ2) is 9.32. The average molecular weight is 449 g/mol. The molecule has 1 N–H and O–H groups in total. The minimum absolute atomic E-state index is 0.0486. The van der Waals surface area contributed by atoms with E-state index in [-0.39, 0.29) is 11.9 Å². The quantitative estimate of drug-likeness (QED) is 0.468. The topological polar surface area (TPSA) is 109 Å². The van der Waals surface area contributed by atoms with Crippen LogP contribution in [0.4, 0.5) is 0 Å². The van der Waals surface area contributed by atoms with E-state index in [4.69, 9.17) is 28.0 Å². The molecule has 1 heterocycles. The van der Waals surface area contributed by atoms with Crippen molar-refractivity contribution in [1.82, 2.24) is 5.16 Å². The van der Waals surface area contributed by atoms with Crippen LogP contribution in [-0.4, -0.2) is 44.7 Å². The van der Waals surface area contributed by atoms with E-state index in [0.29, 0.717) is 45.4 Å². The van der Waals surface area contributed by atoms with Crippen molar-refractivity contribution in [2.24, 2.45) is 0 Å². The molecule has 0 spiro atoms. The smallest absolute Gasteiger partial charge is 0.376 e. The van der Waals surface area contributed by atoms with Crippen LogP contribution in [0.25, 0.3) is 22.5 Å². The maximum atomic E-state index is 12.3. The van der Waals surface area contributed by atoms with E-state index in [1.807, 2.05) is 0 Å². The molecule has 3 aromatic rings. The molecular formula is C21H24NO8P. The van der Waals surface area contributed by atoms with Gasteiger partial charge in [-0.1, -0.05) is 12.1 Å². The van der Waals surface area contributed by atoms with Crippen molar-refractivity contribution in [3.63, 3.8) is 0 Å². The maximum absolute atomic E-state index is 12.3. The molecule has 1 unspecified atom stereocenters. The number of benzene rings is 2. The lowest BCUT2D eigenvalue weighted by Crippen LogP contribution is -1.98. The summed E-state index contributed by atoms with van der Waals surface area (Å²) >= 11 is 0. The molecule has 0 radical (unpaired) electrons. The summed E-state index contributed by atoms with van der Waals surface area (Å²) < 4.78 is 44.7. The third kappa shape index (κ3) is 4.62. The van der Waals surface area contributed by atoms with E-state index in [2.05, 4.69) is 5.16 Å². The molecule has 0 bridgehead atoms. The van der Waals surface area contributed by atoms with Gasteiger partial charge < -0.3 is 32.9 Å². The second-order valence-corrected chi connectivity index (χ2v) is 8.48.